The summed E-state index contributed by atoms with van der Waals surface area (Å²) in [7, 11) is 0. The van der Waals surface area contributed by atoms with Crippen molar-refractivity contribution < 1.29 is 0 Å². The van der Waals surface area contributed by atoms with Crippen LogP contribution in [0.15, 0.2) is 255 Å². The van der Waals surface area contributed by atoms with Gasteiger partial charge in [0.25, 0.3) is 0 Å². The molecule has 300 valence electrons. The standard InChI is InChI=1S/C62H42N2/c1-4-16-46(17-5-1)61-54-23-10-12-25-56(54)62(57-26-13-11-24-55(57)61)47-30-28-43(29-31-47)44-32-37-51(38-33-44)63(49-18-6-2-7-19-49)52-39-34-45(35-40-52)48-36-41-60-58(42-48)53-22-14-15-27-59(53)64(60)50-20-8-3-9-21-50/h1-42H. The van der Waals surface area contributed by atoms with Gasteiger partial charge in [0.2, 0.25) is 0 Å². The van der Waals surface area contributed by atoms with Crippen LogP contribution in [0.5, 0.6) is 0 Å². The Morgan fingerprint density at radius 1 is 0.234 bits per heavy atom. The summed E-state index contributed by atoms with van der Waals surface area (Å²) in [6.07, 6.45) is 0. The highest BCUT2D eigenvalue weighted by atomic mass is 15.1. The zero-order chi connectivity index (χ0) is 42.4. The number of fused-ring (bicyclic) bond motifs is 5. The predicted octanol–water partition coefficient (Wildman–Crippen LogP) is 17.2. The van der Waals surface area contributed by atoms with Gasteiger partial charge in [-0.3, -0.25) is 0 Å². The average molecular weight is 815 g/mol. The summed E-state index contributed by atoms with van der Waals surface area (Å²) in [6.45, 7) is 0. The van der Waals surface area contributed by atoms with Crippen LogP contribution in [0.1, 0.15) is 0 Å². The normalized spacial score (nSPS) is 11.4. The van der Waals surface area contributed by atoms with Crippen LogP contribution in [0.25, 0.3) is 93.5 Å². The third kappa shape index (κ3) is 6.44. The molecule has 12 rings (SSSR count). The summed E-state index contributed by atoms with van der Waals surface area (Å²) < 4.78 is 2.37. The van der Waals surface area contributed by atoms with E-state index >= 15 is 0 Å². The lowest BCUT2D eigenvalue weighted by molar-refractivity contribution is 1.18. The molecule has 0 aliphatic heterocycles. The van der Waals surface area contributed by atoms with Gasteiger partial charge in [-0.2, -0.15) is 0 Å². The van der Waals surface area contributed by atoms with Gasteiger partial charge in [0.05, 0.1) is 11.0 Å². The van der Waals surface area contributed by atoms with E-state index in [2.05, 4.69) is 264 Å². The van der Waals surface area contributed by atoms with Crippen molar-refractivity contribution in [1.82, 2.24) is 4.57 Å². The van der Waals surface area contributed by atoms with E-state index in [0.717, 1.165) is 17.1 Å². The molecule has 0 N–H and O–H groups in total. The van der Waals surface area contributed by atoms with Gasteiger partial charge in [0.15, 0.2) is 0 Å². The largest absolute Gasteiger partial charge is 0.311 e. The maximum Gasteiger partial charge on any atom is 0.0541 e. The van der Waals surface area contributed by atoms with Gasteiger partial charge in [-0.1, -0.05) is 188 Å². The minimum absolute atomic E-state index is 1.10. The molecule has 0 bridgehead atoms. The summed E-state index contributed by atoms with van der Waals surface area (Å²) >= 11 is 0. The fourth-order valence-electron chi connectivity index (χ4n) is 9.82. The number of nitrogens with zero attached hydrogens (tertiary/aromatic N) is 2. The molecular weight excluding hydrogens is 773 g/mol. The van der Waals surface area contributed by atoms with Crippen LogP contribution in [0.4, 0.5) is 17.1 Å². The second-order valence-corrected chi connectivity index (χ2v) is 16.5. The number of hydrogen-bond donors (Lipinski definition) is 0. The summed E-state index contributed by atoms with van der Waals surface area (Å²) in [5, 5.41) is 7.57. The molecule has 0 amide bonds. The molecule has 11 aromatic carbocycles. The van der Waals surface area contributed by atoms with Crippen LogP contribution in [0.2, 0.25) is 0 Å². The lowest BCUT2D eigenvalue weighted by Gasteiger charge is -2.26. The first kappa shape index (κ1) is 37.3. The third-order valence-corrected chi connectivity index (χ3v) is 12.8. The summed E-state index contributed by atoms with van der Waals surface area (Å²) in [6, 6.07) is 92.4. The molecular formula is C62H42N2. The monoisotopic (exact) mass is 814 g/mol. The van der Waals surface area contributed by atoms with Crippen molar-refractivity contribution in [2.75, 3.05) is 4.90 Å². The van der Waals surface area contributed by atoms with Gasteiger partial charge in [-0.25, -0.2) is 0 Å². The van der Waals surface area contributed by atoms with E-state index in [1.165, 1.54) is 93.5 Å². The number of rotatable bonds is 8. The number of anilines is 3. The van der Waals surface area contributed by atoms with Crippen LogP contribution in [-0.4, -0.2) is 4.57 Å². The first-order valence-electron chi connectivity index (χ1n) is 22.0. The number of aromatic nitrogens is 1. The van der Waals surface area contributed by atoms with Crippen molar-refractivity contribution in [3.05, 3.63) is 255 Å². The quantitative estimate of drug-likeness (QED) is 0.139. The second-order valence-electron chi connectivity index (χ2n) is 16.5. The van der Waals surface area contributed by atoms with Gasteiger partial charge in [-0.05, 0) is 133 Å². The Morgan fingerprint density at radius 2 is 0.594 bits per heavy atom. The van der Waals surface area contributed by atoms with Crippen molar-refractivity contribution in [3.8, 4) is 50.2 Å². The van der Waals surface area contributed by atoms with Gasteiger partial charge in [0, 0.05) is 33.5 Å². The highest BCUT2D eigenvalue weighted by Gasteiger charge is 2.18. The molecule has 12 aromatic rings. The van der Waals surface area contributed by atoms with Gasteiger partial charge in [-0.15, -0.1) is 0 Å². The highest BCUT2D eigenvalue weighted by molar-refractivity contribution is 6.21. The van der Waals surface area contributed by atoms with Crippen molar-refractivity contribution in [1.29, 1.82) is 0 Å². The molecule has 0 unspecified atom stereocenters. The van der Waals surface area contributed by atoms with Crippen LogP contribution >= 0.6 is 0 Å². The number of hydrogen-bond acceptors (Lipinski definition) is 1. The van der Waals surface area contributed by atoms with Crippen LogP contribution < -0.4 is 4.90 Å². The van der Waals surface area contributed by atoms with E-state index in [1.54, 1.807) is 0 Å². The second kappa shape index (κ2) is 15.8. The lowest BCUT2D eigenvalue weighted by Crippen LogP contribution is -2.09. The summed E-state index contributed by atoms with van der Waals surface area (Å²) in [5.41, 5.74) is 16.7. The molecule has 0 radical (unpaired) electrons. The fraction of sp³-hybridized carbons (Fsp3) is 0. The van der Waals surface area contributed by atoms with E-state index in [9.17, 15) is 0 Å². The maximum absolute atomic E-state index is 2.37. The van der Waals surface area contributed by atoms with Gasteiger partial charge < -0.3 is 9.47 Å². The molecule has 1 heterocycles. The van der Waals surface area contributed by atoms with E-state index in [0.29, 0.717) is 0 Å². The lowest BCUT2D eigenvalue weighted by atomic mass is 9.86. The molecule has 2 nitrogen and oxygen atoms in total. The third-order valence-electron chi connectivity index (χ3n) is 12.8. The van der Waals surface area contributed by atoms with Gasteiger partial charge in [0.1, 0.15) is 0 Å². The Balaban J connectivity index is 0.868. The van der Waals surface area contributed by atoms with Crippen molar-refractivity contribution >= 4 is 60.4 Å². The number of para-hydroxylation sites is 3. The average Bonchev–Trinajstić information content (AvgIpc) is 3.71. The molecule has 0 saturated carbocycles. The maximum atomic E-state index is 2.37. The summed E-state index contributed by atoms with van der Waals surface area (Å²) in [4.78, 5) is 2.34. The van der Waals surface area contributed by atoms with Crippen molar-refractivity contribution in [2.24, 2.45) is 0 Å². The van der Waals surface area contributed by atoms with E-state index < -0.39 is 0 Å². The van der Waals surface area contributed by atoms with Gasteiger partial charge >= 0.3 is 0 Å². The Hall–Kier alpha value is -8.46. The summed E-state index contributed by atoms with van der Waals surface area (Å²) in [5.74, 6) is 0. The predicted molar refractivity (Wildman–Crippen MR) is 272 cm³/mol. The van der Waals surface area contributed by atoms with E-state index in [-0.39, 0.29) is 0 Å². The Bertz CT molecular complexity index is 3550. The fourth-order valence-corrected chi connectivity index (χ4v) is 9.82. The van der Waals surface area contributed by atoms with Crippen LogP contribution in [0.3, 0.4) is 0 Å². The molecule has 0 atom stereocenters. The molecule has 0 spiro atoms. The molecule has 64 heavy (non-hydrogen) atoms. The smallest absolute Gasteiger partial charge is 0.0541 e. The molecule has 2 heteroatoms. The van der Waals surface area contributed by atoms with Crippen molar-refractivity contribution in [3.63, 3.8) is 0 Å². The molecule has 1 aromatic heterocycles. The first-order chi connectivity index (χ1) is 31.8. The van der Waals surface area contributed by atoms with E-state index in [4.69, 9.17) is 0 Å². The Kier molecular flexibility index (Phi) is 9.20. The van der Waals surface area contributed by atoms with Crippen LogP contribution in [-0.2, 0) is 0 Å². The molecule has 0 saturated heterocycles. The van der Waals surface area contributed by atoms with Crippen LogP contribution in [0, 0.1) is 0 Å². The van der Waals surface area contributed by atoms with E-state index in [1.807, 2.05) is 0 Å². The van der Waals surface area contributed by atoms with Crippen molar-refractivity contribution in [2.45, 2.75) is 0 Å². The zero-order valence-electron chi connectivity index (χ0n) is 35.1. The minimum Gasteiger partial charge on any atom is -0.311 e. The number of benzene rings is 11. The minimum atomic E-state index is 1.10. The molecule has 0 fully saturated rings. The topological polar surface area (TPSA) is 8.17 Å². The Morgan fingerprint density at radius 3 is 1.14 bits per heavy atom. The molecule has 0 aliphatic carbocycles. The first-order valence-corrected chi connectivity index (χ1v) is 22.0. The Labute approximate surface area is 373 Å². The molecule has 0 aliphatic rings. The highest BCUT2D eigenvalue weighted by Crippen LogP contribution is 2.44. The zero-order valence-corrected chi connectivity index (χ0v) is 35.1. The SMILES string of the molecule is c1ccc(-c2c3ccccc3c(-c3ccc(-c4ccc(N(c5ccccc5)c5ccc(-c6ccc7c(c6)c6ccccc6n7-c6ccccc6)cc5)cc4)cc3)c3ccccc23)cc1.